The summed E-state index contributed by atoms with van der Waals surface area (Å²) in [6, 6.07) is 16.1. The monoisotopic (exact) mass is 494 g/mol. The van der Waals surface area contributed by atoms with Crippen LogP contribution in [0.4, 0.5) is 0 Å². The van der Waals surface area contributed by atoms with E-state index in [2.05, 4.69) is 23.2 Å². The molecule has 2 aromatic heterocycles. The molecule has 0 radical (unpaired) electrons. The Balaban J connectivity index is 1.49. The van der Waals surface area contributed by atoms with Crippen molar-refractivity contribution >= 4 is 39.9 Å². The molecule has 0 aliphatic heterocycles. The van der Waals surface area contributed by atoms with E-state index in [9.17, 15) is 4.79 Å². The third-order valence-corrected chi connectivity index (χ3v) is 8.08. The van der Waals surface area contributed by atoms with Crippen LogP contribution in [0.5, 0.6) is 5.75 Å². The number of nitrogens with two attached hydrogens (primary N) is 2. The summed E-state index contributed by atoms with van der Waals surface area (Å²) in [5, 5.41) is 1.43. The second kappa shape index (κ2) is 9.41. The number of hydrogen-bond donors (Lipinski definition) is 2. The van der Waals surface area contributed by atoms with Gasteiger partial charge in [0.25, 0.3) is 5.91 Å². The van der Waals surface area contributed by atoms with Gasteiger partial charge in [-0.05, 0) is 62.3 Å². The molecule has 8 heteroatoms. The van der Waals surface area contributed by atoms with Crippen molar-refractivity contribution in [2.45, 2.75) is 50.7 Å². The van der Waals surface area contributed by atoms with Gasteiger partial charge in [0, 0.05) is 22.7 Å². The van der Waals surface area contributed by atoms with Crippen LogP contribution in [0.3, 0.4) is 0 Å². The lowest BCUT2D eigenvalue weighted by Crippen LogP contribution is -2.25. The smallest absolute Gasteiger partial charge is 0.262 e. The lowest BCUT2D eigenvalue weighted by Gasteiger charge is -2.26. The minimum Gasteiger partial charge on any atom is -0.484 e. The molecule has 6 nitrogen and oxygen atoms in total. The molecule has 1 saturated carbocycles. The van der Waals surface area contributed by atoms with Crippen LogP contribution in [0, 0.1) is 0 Å². The van der Waals surface area contributed by atoms with Gasteiger partial charge in [0.2, 0.25) is 0 Å². The largest absolute Gasteiger partial charge is 0.484 e. The summed E-state index contributed by atoms with van der Waals surface area (Å²) in [5.74, 6) is 0.424. The molecule has 4 aromatic rings. The molecule has 2 aromatic carbocycles. The molecule has 1 aliphatic carbocycles. The first-order valence-corrected chi connectivity index (χ1v) is 12.7. The predicted octanol–water partition coefficient (Wildman–Crippen LogP) is 5.96. The highest BCUT2D eigenvalue weighted by Gasteiger charge is 2.23. The van der Waals surface area contributed by atoms with E-state index in [1.807, 2.05) is 41.8 Å². The molecule has 1 atom stereocenters. The minimum atomic E-state index is -0.527. The fourth-order valence-corrected chi connectivity index (χ4v) is 5.92. The van der Waals surface area contributed by atoms with E-state index < -0.39 is 5.91 Å². The lowest BCUT2D eigenvalue weighted by atomic mass is 9.82. The third-order valence-electron chi connectivity index (χ3n) is 6.61. The Hall–Kier alpha value is -2.87. The summed E-state index contributed by atoms with van der Waals surface area (Å²) in [6.45, 7) is 1.90. The number of carbonyl (C=O) groups is 1. The fraction of sp³-hybridized carbons (Fsp3) is 0.308. The van der Waals surface area contributed by atoms with Crippen molar-refractivity contribution in [2.75, 3.05) is 0 Å². The average Bonchev–Trinajstić information content (AvgIpc) is 3.43. The Morgan fingerprint density at radius 2 is 1.94 bits per heavy atom. The van der Waals surface area contributed by atoms with Crippen molar-refractivity contribution in [1.29, 1.82) is 0 Å². The number of imidazole rings is 1. The standard InChI is InChI=1S/C26H27ClN4O2S/c1-15(19-4-2-3-5-20(19)27)33-23-13-24(34-25(23)26(29)32)31-14-30-21-11-8-17(12-22(21)31)16-6-9-18(28)10-7-16/h2-5,8,11-16,18H,6-7,9-10,28H2,1H3,(H2,29,32)/t15-,16?,18?/m1/s1. The summed E-state index contributed by atoms with van der Waals surface area (Å²) in [7, 11) is 0. The van der Waals surface area contributed by atoms with Crippen molar-refractivity contribution in [3.8, 4) is 10.8 Å². The quantitative estimate of drug-likeness (QED) is 0.345. The first-order chi connectivity index (χ1) is 16.4. The zero-order valence-corrected chi connectivity index (χ0v) is 20.5. The molecule has 1 fully saturated rings. The summed E-state index contributed by atoms with van der Waals surface area (Å²) >= 11 is 7.64. The molecule has 4 N–H and O–H groups in total. The first-order valence-electron chi connectivity index (χ1n) is 11.5. The number of benzene rings is 2. The van der Waals surface area contributed by atoms with Gasteiger partial charge in [-0.3, -0.25) is 9.36 Å². The Morgan fingerprint density at radius 3 is 2.68 bits per heavy atom. The number of aromatic nitrogens is 2. The Morgan fingerprint density at radius 1 is 1.18 bits per heavy atom. The molecule has 0 unspecified atom stereocenters. The highest BCUT2D eigenvalue weighted by atomic mass is 35.5. The maximum absolute atomic E-state index is 12.2. The normalized spacial score (nSPS) is 19.3. The molecule has 0 spiro atoms. The van der Waals surface area contributed by atoms with Crippen LogP contribution in [-0.4, -0.2) is 21.5 Å². The molecular weight excluding hydrogens is 468 g/mol. The summed E-state index contributed by atoms with van der Waals surface area (Å²) in [5.41, 5.74) is 15.8. The average molecular weight is 495 g/mol. The summed E-state index contributed by atoms with van der Waals surface area (Å²) < 4.78 is 8.17. The van der Waals surface area contributed by atoms with Crippen molar-refractivity contribution in [2.24, 2.45) is 11.5 Å². The van der Waals surface area contributed by atoms with Gasteiger partial charge in [0.05, 0.1) is 11.0 Å². The molecular formula is C26H27ClN4O2S. The van der Waals surface area contributed by atoms with Crippen LogP contribution in [0.2, 0.25) is 5.02 Å². The van der Waals surface area contributed by atoms with Gasteiger partial charge in [0.15, 0.2) is 0 Å². The lowest BCUT2D eigenvalue weighted by molar-refractivity contribution is 0.0998. The number of nitrogens with zero attached hydrogens (tertiary/aromatic N) is 2. The number of thiophene rings is 1. The van der Waals surface area contributed by atoms with Crippen LogP contribution in [0.1, 0.15) is 65.4 Å². The number of rotatable bonds is 6. The number of primary amides is 1. The van der Waals surface area contributed by atoms with Crippen LogP contribution in [-0.2, 0) is 0 Å². The van der Waals surface area contributed by atoms with E-state index in [0.717, 1.165) is 47.3 Å². The van der Waals surface area contributed by atoms with Crippen LogP contribution >= 0.6 is 22.9 Å². The maximum Gasteiger partial charge on any atom is 0.262 e. The topological polar surface area (TPSA) is 96.2 Å². The summed E-state index contributed by atoms with van der Waals surface area (Å²) in [6.07, 6.45) is 5.74. The number of amides is 1. The van der Waals surface area contributed by atoms with E-state index in [-0.39, 0.29) is 6.10 Å². The molecule has 0 saturated heterocycles. The van der Waals surface area contributed by atoms with Crippen LogP contribution in [0.25, 0.3) is 16.0 Å². The highest BCUT2D eigenvalue weighted by molar-refractivity contribution is 7.16. The van der Waals surface area contributed by atoms with Gasteiger partial charge in [-0.2, -0.15) is 0 Å². The maximum atomic E-state index is 12.2. The zero-order chi connectivity index (χ0) is 23.8. The van der Waals surface area contributed by atoms with Crippen molar-refractivity contribution in [3.63, 3.8) is 0 Å². The third kappa shape index (κ3) is 4.43. The number of hydrogen-bond acceptors (Lipinski definition) is 5. The second-order valence-electron chi connectivity index (χ2n) is 8.90. The molecule has 34 heavy (non-hydrogen) atoms. The van der Waals surface area contributed by atoms with Gasteiger partial charge in [0.1, 0.15) is 28.1 Å². The molecule has 1 aliphatic rings. The van der Waals surface area contributed by atoms with E-state index in [4.69, 9.17) is 27.8 Å². The molecule has 176 valence electrons. The first kappa shape index (κ1) is 22.9. The molecule has 1 amide bonds. The van der Waals surface area contributed by atoms with Gasteiger partial charge < -0.3 is 16.2 Å². The van der Waals surface area contributed by atoms with Crippen LogP contribution in [0.15, 0.2) is 54.9 Å². The minimum absolute atomic E-state index is 0.315. The van der Waals surface area contributed by atoms with Crippen molar-refractivity contribution in [3.05, 3.63) is 75.9 Å². The van der Waals surface area contributed by atoms with E-state index in [0.29, 0.717) is 27.6 Å². The second-order valence-corrected chi connectivity index (χ2v) is 10.3. The van der Waals surface area contributed by atoms with E-state index in [1.54, 1.807) is 6.33 Å². The molecule has 5 rings (SSSR count). The van der Waals surface area contributed by atoms with E-state index >= 15 is 0 Å². The highest BCUT2D eigenvalue weighted by Crippen LogP contribution is 2.38. The Bertz CT molecular complexity index is 1340. The van der Waals surface area contributed by atoms with E-state index in [1.165, 1.54) is 16.9 Å². The zero-order valence-electron chi connectivity index (χ0n) is 18.9. The number of ether oxygens (including phenoxy) is 1. The SMILES string of the molecule is C[C@@H](Oc1cc(-n2cnc3ccc(C4CCC(N)CC4)cc32)sc1C(N)=O)c1ccccc1Cl. The van der Waals surface area contributed by atoms with Gasteiger partial charge in [-0.15, -0.1) is 11.3 Å². The van der Waals surface area contributed by atoms with Gasteiger partial charge in [-0.1, -0.05) is 35.9 Å². The molecule has 2 heterocycles. The number of carbonyl (C=O) groups excluding carboxylic acids is 1. The van der Waals surface area contributed by atoms with Crippen LogP contribution < -0.4 is 16.2 Å². The van der Waals surface area contributed by atoms with Gasteiger partial charge >= 0.3 is 0 Å². The van der Waals surface area contributed by atoms with Crippen molar-refractivity contribution in [1.82, 2.24) is 9.55 Å². The summed E-state index contributed by atoms with van der Waals surface area (Å²) in [4.78, 5) is 17.2. The number of halogens is 1. The molecule has 0 bridgehead atoms. The van der Waals surface area contributed by atoms with Gasteiger partial charge in [-0.25, -0.2) is 4.98 Å². The Labute approximate surface area is 207 Å². The predicted molar refractivity (Wildman–Crippen MR) is 137 cm³/mol. The fourth-order valence-electron chi connectivity index (χ4n) is 4.71. The van der Waals surface area contributed by atoms with Crippen molar-refractivity contribution < 1.29 is 9.53 Å². The Kier molecular flexibility index (Phi) is 6.34. The number of fused-ring (bicyclic) bond motifs is 1.